The molecule has 0 saturated heterocycles. The van der Waals surface area contributed by atoms with Crippen LogP contribution < -0.4 is 10.7 Å². The fraction of sp³-hybridized carbons (Fsp3) is 0.160. The highest BCUT2D eigenvalue weighted by Crippen LogP contribution is 2.31. The molecule has 0 spiro atoms. The van der Waals surface area contributed by atoms with E-state index in [0.717, 1.165) is 16.7 Å². The van der Waals surface area contributed by atoms with Gasteiger partial charge >= 0.3 is 5.97 Å². The van der Waals surface area contributed by atoms with Crippen molar-refractivity contribution in [3.8, 4) is 11.3 Å². The van der Waals surface area contributed by atoms with Gasteiger partial charge in [0.1, 0.15) is 11.3 Å². The van der Waals surface area contributed by atoms with Gasteiger partial charge < -0.3 is 14.5 Å². The van der Waals surface area contributed by atoms with Crippen molar-refractivity contribution in [2.75, 3.05) is 12.4 Å². The Hall–Kier alpha value is -3.93. The first-order valence-electron chi connectivity index (χ1n) is 9.90. The van der Waals surface area contributed by atoms with E-state index in [9.17, 15) is 9.59 Å². The van der Waals surface area contributed by atoms with Crippen molar-refractivity contribution in [2.45, 2.75) is 19.9 Å². The van der Waals surface area contributed by atoms with Gasteiger partial charge in [0, 0.05) is 35.3 Å². The first kappa shape index (κ1) is 20.3. The predicted molar refractivity (Wildman–Crippen MR) is 120 cm³/mol. The molecule has 1 N–H and O–H groups in total. The first-order valence-corrected chi connectivity index (χ1v) is 9.90. The summed E-state index contributed by atoms with van der Waals surface area (Å²) in [6, 6.07) is 15.8. The minimum absolute atomic E-state index is 0.111. The Bertz CT molecular complexity index is 1310. The number of ether oxygens (including phenoxy) is 1. The number of aryl methyl sites for hydroxylation is 1. The number of para-hydroxylation sites is 1. The normalized spacial score (nSPS) is 11.8. The van der Waals surface area contributed by atoms with E-state index in [2.05, 4.69) is 10.3 Å². The lowest BCUT2D eigenvalue weighted by molar-refractivity contribution is 0.0602. The number of benzene rings is 2. The van der Waals surface area contributed by atoms with E-state index in [1.54, 1.807) is 36.7 Å². The van der Waals surface area contributed by atoms with Crippen molar-refractivity contribution in [3.05, 3.63) is 93.9 Å². The van der Waals surface area contributed by atoms with Gasteiger partial charge in [-0.1, -0.05) is 18.2 Å². The number of rotatable bonds is 5. The maximum atomic E-state index is 12.9. The van der Waals surface area contributed by atoms with E-state index in [4.69, 9.17) is 9.15 Å². The number of methoxy groups -OCH3 is 1. The van der Waals surface area contributed by atoms with Crippen LogP contribution in [0, 0.1) is 6.92 Å². The third-order valence-corrected chi connectivity index (χ3v) is 5.14. The maximum absolute atomic E-state index is 12.9. The summed E-state index contributed by atoms with van der Waals surface area (Å²) in [6.07, 6.45) is 3.31. The number of nitrogens with one attached hydrogen (secondary N) is 1. The van der Waals surface area contributed by atoms with E-state index >= 15 is 0 Å². The number of aromatic nitrogens is 1. The number of fused-ring (bicyclic) bond motifs is 1. The van der Waals surface area contributed by atoms with Crippen molar-refractivity contribution in [1.29, 1.82) is 0 Å². The minimum atomic E-state index is -0.420. The number of nitrogens with zero attached hydrogens (tertiary/aromatic N) is 1. The fourth-order valence-corrected chi connectivity index (χ4v) is 3.62. The zero-order chi connectivity index (χ0) is 22.0. The molecule has 0 aliphatic rings. The van der Waals surface area contributed by atoms with Crippen molar-refractivity contribution >= 4 is 22.6 Å². The highest BCUT2D eigenvalue weighted by molar-refractivity contribution is 5.95. The molecule has 2 aromatic carbocycles. The van der Waals surface area contributed by atoms with Crippen molar-refractivity contribution < 1.29 is 13.9 Å². The average Bonchev–Trinajstić information content (AvgIpc) is 2.79. The van der Waals surface area contributed by atoms with E-state index in [1.807, 2.05) is 38.1 Å². The third-order valence-electron chi connectivity index (χ3n) is 5.14. The monoisotopic (exact) mass is 414 g/mol. The van der Waals surface area contributed by atoms with Crippen molar-refractivity contribution in [2.24, 2.45) is 0 Å². The van der Waals surface area contributed by atoms with Crippen LogP contribution in [0.15, 0.2) is 76.2 Å². The lowest BCUT2D eigenvalue weighted by atomic mass is 10.00. The molecule has 2 heterocycles. The average molecular weight is 414 g/mol. The molecule has 6 nitrogen and oxygen atoms in total. The van der Waals surface area contributed by atoms with Gasteiger partial charge in [-0.3, -0.25) is 9.78 Å². The summed E-state index contributed by atoms with van der Waals surface area (Å²) in [6.45, 7) is 3.90. The number of hydrogen-bond donors (Lipinski definition) is 1. The molecule has 0 aliphatic carbocycles. The molecule has 4 aromatic rings. The summed E-state index contributed by atoms with van der Waals surface area (Å²) in [7, 11) is 1.35. The Morgan fingerprint density at radius 3 is 2.58 bits per heavy atom. The molecule has 0 saturated carbocycles. The molecule has 156 valence electrons. The van der Waals surface area contributed by atoms with Gasteiger partial charge in [0.2, 0.25) is 0 Å². The van der Waals surface area contributed by atoms with Gasteiger partial charge in [0.05, 0.1) is 24.1 Å². The summed E-state index contributed by atoms with van der Waals surface area (Å²) >= 11 is 0. The number of carbonyl (C=O) groups excluding carboxylic acids is 1. The molecule has 6 heteroatoms. The predicted octanol–water partition coefficient (Wildman–Crippen LogP) is 5.12. The maximum Gasteiger partial charge on any atom is 0.339 e. The summed E-state index contributed by atoms with van der Waals surface area (Å²) < 4.78 is 11.1. The number of hydrogen-bond acceptors (Lipinski definition) is 6. The number of esters is 1. The Kier molecular flexibility index (Phi) is 5.54. The zero-order valence-electron chi connectivity index (χ0n) is 17.5. The smallest absolute Gasteiger partial charge is 0.339 e. The van der Waals surface area contributed by atoms with Gasteiger partial charge in [-0.2, -0.15) is 0 Å². The fourth-order valence-electron chi connectivity index (χ4n) is 3.62. The second kappa shape index (κ2) is 8.44. The minimum Gasteiger partial charge on any atom is -0.465 e. The molecule has 2 aromatic heterocycles. The molecule has 0 bridgehead atoms. The summed E-state index contributed by atoms with van der Waals surface area (Å²) in [5, 5.41) is 3.88. The van der Waals surface area contributed by atoms with Gasteiger partial charge in [-0.05, 0) is 49.7 Å². The summed E-state index contributed by atoms with van der Waals surface area (Å²) in [5.74, 6) is 0.0584. The zero-order valence-corrected chi connectivity index (χ0v) is 17.5. The first-order chi connectivity index (χ1) is 15.0. The van der Waals surface area contributed by atoms with Gasteiger partial charge in [0.25, 0.3) is 0 Å². The SMILES string of the molecule is COC(=O)c1ccccc1NC(C)c1cc(C)cc2c(=O)cc(-c3ccncc3)oc12. The van der Waals surface area contributed by atoms with E-state index in [1.165, 1.54) is 13.2 Å². The van der Waals surface area contributed by atoms with Crippen molar-refractivity contribution in [1.82, 2.24) is 4.98 Å². The van der Waals surface area contributed by atoms with Crippen LogP contribution in [0.25, 0.3) is 22.3 Å². The van der Waals surface area contributed by atoms with Crippen molar-refractivity contribution in [3.63, 3.8) is 0 Å². The summed E-state index contributed by atoms with van der Waals surface area (Å²) in [4.78, 5) is 29.0. The largest absolute Gasteiger partial charge is 0.465 e. The molecule has 0 amide bonds. The van der Waals surface area contributed by atoms with E-state index < -0.39 is 5.97 Å². The van der Waals surface area contributed by atoms with Crippen LogP contribution in [-0.4, -0.2) is 18.1 Å². The number of anilines is 1. The lowest BCUT2D eigenvalue weighted by Crippen LogP contribution is -2.13. The molecular weight excluding hydrogens is 392 g/mol. The molecule has 31 heavy (non-hydrogen) atoms. The van der Waals surface area contributed by atoms with Gasteiger partial charge in [-0.25, -0.2) is 4.79 Å². The lowest BCUT2D eigenvalue weighted by Gasteiger charge is -2.19. The topological polar surface area (TPSA) is 81.4 Å². The molecule has 0 radical (unpaired) electrons. The highest BCUT2D eigenvalue weighted by Gasteiger charge is 2.18. The van der Waals surface area contributed by atoms with E-state index in [0.29, 0.717) is 28.0 Å². The Morgan fingerprint density at radius 1 is 1.10 bits per heavy atom. The molecule has 1 unspecified atom stereocenters. The molecule has 4 rings (SSSR count). The Labute approximate surface area is 179 Å². The van der Waals surface area contributed by atoms with Gasteiger partial charge in [0.15, 0.2) is 5.43 Å². The second-order valence-corrected chi connectivity index (χ2v) is 7.34. The second-order valence-electron chi connectivity index (χ2n) is 7.34. The van der Waals surface area contributed by atoms with E-state index in [-0.39, 0.29) is 11.5 Å². The van der Waals surface area contributed by atoms with Gasteiger partial charge in [-0.15, -0.1) is 0 Å². The molecule has 0 aliphatic heterocycles. The van der Waals surface area contributed by atoms with Crippen LogP contribution in [-0.2, 0) is 4.74 Å². The Balaban J connectivity index is 1.83. The Morgan fingerprint density at radius 2 is 1.84 bits per heavy atom. The van der Waals surface area contributed by atoms with Crippen LogP contribution >= 0.6 is 0 Å². The number of pyridine rings is 1. The summed E-state index contributed by atoms with van der Waals surface area (Å²) in [5.41, 5.74) is 4.03. The van der Waals surface area contributed by atoms with Crippen LogP contribution in [0.2, 0.25) is 0 Å². The molecule has 0 fully saturated rings. The highest BCUT2D eigenvalue weighted by atomic mass is 16.5. The molecule has 1 atom stereocenters. The van der Waals surface area contributed by atoms with Crippen LogP contribution in [0.5, 0.6) is 0 Å². The quantitative estimate of drug-likeness (QED) is 0.456. The molecular formula is C25H22N2O4. The van der Waals surface area contributed by atoms with Crippen LogP contribution in [0.1, 0.15) is 34.5 Å². The third kappa shape index (κ3) is 4.05. The standard InChI is InChI=1S/C25H22N2O4/c1-15-12-19(16(2)27-21-7-5-4-6-18(21)25(29)30-3)24-20(13-15)22(28)14-23(31-24)17-8-10-26-11-9-17/h4-14,16,27H,1-3H3. The van der Waals surface area contributed by atoms with Crippen LogP contribution in [0.4, 0.5) is 5.69 Å². The van der Waals surface area contributed by atoms with Crippen LogP contribution in [0.3, 0.4) is 0 Å². The number of carbonyl (C=O) groups is 1.